The summed E-state index contributed by atoms with van der Waals surface area (Å²) in [6, 6.07) is 26.7. The van der Waals surface area contributed by atoms with Crippen LogP contribution in [0.1, 0.15) is 22.6 Å². The van der Waals surface area contributed by atoms with Crippen molar-refractivity contribution >= 4 is 0 Å². The lowest BCUT2D eigenvalue weighted by Gasteiger charge is -2.18. The predicted octanol–water partition coefficient (Wildman–Crippen LogP) is 5.35. The van der Waals surface area contributed by atoms with Gasteiger partial charge in [-0.2, -0.15) is 0 Å². The quantitative estimate of drug-likeness (QED) is 0.490. The number of aromatic nitrogens is 2. The van der Waals surface area contributed by atoms with E-state index in [9.17, 15) is 5.11 Å². The van der Waals surface area contributed by atoms with Crippen LogP contribution in [0.15, 0.2) is 91.3 Å². The Bertz CT molecular complexity index is 994. The first kappa shape index (κ1) is 17.1. The van der Waals surface area contributed by atoms with Crippen LogP contribution in [0.4, 0.5) is 0 Å². The molecule has 0 fully saturated rings. The van der Waals surface area contributed by atoms with Crippen LogP contribution in [0.5, 0.6) is 5.75 Å². The number of benzene rings is 3. The van der Waals surface area contributed by atoms with Crippen molar-refractivity contribution in [2.75, 3.05) is 0 Å². The largest absolute Gasteiger partial charge is 0.508 e. The average Bonchev–Trinajstić information content (AvgIpc) is 3.23. The topological polar surface area (TPSA) is 48.9 Å². The van der Waals surface area contributed by atoms with Crippen LogP contribution in [0.2, 0.25) is 0 Å². The predicted molar refractivity (Wildman–Crippen MR) is 109 cm³/mol. The molecule has 3 aromatic carbocycles. The van der Waals surface area contributed by atoms with E-state index in [0.29, 0.717) is 11.7 Å². The summed E-state index contributed by atoms with van der Waals surface area (Å²) >= 11 is 0. The van der Waals surface area contributed by atoms with Crippen LogP contribution in [0, 0.1) is 0 Å². The van der Waals surface area contributed by atoms with Gasteiger partial charge in [0.2, 0.25) is 0 Å². The summed E-state index contributed by atoms with van der Waals surface area (Å²) in [5.41, 5.74) is 4.83. The number of aromatic amines is 1. The normalized spacial score (nSPS) is 12.0. The van der Waals surface area contributed by atoms with Gasteiger partial charge in [-0.1, -0.05) is 60.7 Å². The van der Waals surface area contributed by atoms with Gasteiger partial charge in [0.05, 0.1) is 0 Å². The third kappa shape index (κ3) is 4.26. The van der Waals surface area contributed by atoms with Crippen molar-refractivity contribution in [2.45, 2.75) is 18.8 Å². The zero-order chi connectivity index (χ0) is 18.5. The molecule has 1 unspecified atom stereocenters. The third-order valence-electron chi connectivity index (χ3n) is 4.84. The second-order valence-electron chi connectivity index (χ2n) is 6.82. The van der Waals surface area contributed by atoms with E-state index in [0.717, 1.165) is 29.8 Å². The molecular formula is C24H22N2O. The summed E-state index contributed by atoms with van der Waals surface area (Å²) in [6.07, 6.45) is 5.42. The van der Waals surface area contributed by atoms with E-state index in [-0.39, 0.29) is 0 Å². The number of imidazole rings is 1. The Kier molecular flexibility index (Phi) is 5.01. The lowest BCUT2D eigenvalue weighted by Crippen LogP contribution is -2.07. The van der Waals surface area contributed by atoms with Gasteiger partial charge in [0.15, 0.2) is 0 Å². The van der Waals surface area contributed by atoms with E-state index in [2.05, 4.69) is 64.6 Å². The zero-order valence-electron chi connectivity index (χ0n) is 15.0. The van der Waals surface area contributed by atoms with E-state index in [4.69, 9.17) is 0 Å². The molecule has 0 bridgehead atoms. The van der Waals surface area contributed by atoms with Gasteiger partial charge in [0, 0.05) is 18.0 Å². The highest BCUT2D eigenvalue weighted by Crippen LogP contribution is 2.28. The lowest BCUT2D eigenvalue weighted by molar-refractivity contribution is 0.474. The first-order chi connectivity index (χ1) is 13.3. The number of aromatic hydroxyl groups is 1. The molecule has 1 atom stereocenters. The number of hydrogen-bond acceptors (Lipinski definition) is 2. The molecule has 4 rings (SSSR count). The summed E-state index contributed by atoms with van der Waals surface area (Å²) < 4.78 is 0. The van der Waals surface area contributed by atoms with Crippen molar-refractivity contribution in [1.29, 1.82) is 0 Å². The van der Waals surface area contributed by atoms with Crippen LogP contribution in [0.25, 0.3) is 11.4 Å². The number of nitrogens with one attached hydrogen (secondary N) is 1. The van der Waals surface area contributed by atoms with Crippen molar-refractivity contribution in [3.8, 4) is 17.1 Å². The Labute approximate surface area is 159 Å². The number of phenols is 1. The Morgan fingerprint density at radius 2 is 1.56 bits per heavy atom. The van der Waals surface area contributed by atoms with Crippen LogP contribution in [0.3, 0.4) is 0 Å². The highest BCUT2D eigenvalue weighted by Gasteiger charge is 2.14. The van der Waals surface area contributed by atoms with Crippen LogP contribution in [-0.4, -0.2) is 15.1 Å². The molecule has 1 aromatic heterocycles. The Morgan fingerprint density at radius 1 is 0.815 bits per heavy atom. The first-order valence-electron chi connectivity index (χ1n) is 9.19. The summed E-state index contributed by atoms with van der Waals surface area (Å²) in [7, 11) is 0. The molecule has 0 spiro atoms. The molecule has 0 aliphatic carbocycles. The second kappa shape index (κ2) is 7.92. The SMILES string of the molecule is Oc1cccc(CC(Cc2cccc(-c3ncc[nH]3)c2)c2ccccc2)c1. The van der Waals surface area contributed by atoms with Crippen molar-refractivity contribution < 1.29 is 5.11 Å². The van der Waals surface area contributed by atoms with E-state index in [1.165, 1.54) is 11.1 Å². The molecule has 3 heteroatoms. The van der Waals surface area contributed by atoms with Gasteiger partial charge in [-0.15, -0.1) is 0 Å². The lowest BCUT2D eigenvalue weighted by atomic mass is 9.86. The van der Waals surface area contributed by atoms with Crippen LogP contribution < -0.4 is 0 Å². The van der Waals surface area contributed by atoms with E-state index < -0.39 is 0 Å². The maximum atomic E-state index is 9.82. The maximum absolute atomic E-state index is 9.82. The van der Waals surface area contributed by atoms with Gasteiger partial charge >= 0.3 is 0 Å². The maximum Gasteiger partial charge on any atom is 0.137 e. The first-order valence-corrected chi connectivity index (χ1v) is 9.19. The molecule has 4 aromatic rings. The Hall–Kier alpha value is -3.33. The molecular weight excluding hydrogens is 332 g/mol. The fraction of sp³-hybridized carbons (Fsp3) is 0.125. The molecule has 3 nitrogen and oxygen atoms in total. The second-order valence-corrected chi connectivity index (χ2v) is 6.82. The average molecular weight is 354 g/mol. The Morgan fingerprint density at radius 3 is 2.26 bits per heavy atom. The van der Waals surface area contributed by atoms with E-state index >= 15 is 0 Å². The van der Waals surface area contributed by atoms with Crippen molar-refractivity contribution in [3.05, 3.63) is 108 Å². The van der Waals surface area contributed by atoms with Gasteiger partial charge in [-0.3, -0.25) is 0 Å². The summed E-state index contributed by atoms with van der Waals surface area (Å²) in [5.74, 6) is 1.54. The molecule has 0 saturated heterocycles. The number of rotatable bonds is 6. The summed E-state index contributed by atoms with van der Waals surface area (Å²) in [5, 5.41) is 9.82. The Balaban J connectivity index is 1.62. The van der Waals surface area contributed by atoms with Crippen molar-refractivity contribution in [1.82, 2.24) is 9.97 Å². The van der Waals surface area contributed by atoms with Crippen LogP contribution >= 0.6 is 0 Å². The minimum Gasteiger partial charge on any atom is -0.508 e. The highest BCUT2D eigenvalue weighted by atomic mass is 16.3. The number of hydrogen-bond donors (Lipinski definition) is 2. The molecule has 0 amide bonds. The molecule has 134 valence electrons. The number of nitrogens with zero attached hydrogens (tertiary/aromatic N) is 1. The van der Waals surface area contributed by atoms with Gasteiger partial charge in [-0.05, 0) is 53.6 Å². The fourth-order valence-electron chi connectivity index (χ4n) is 3.55. The van der Waals surface area contributed by atoms with E-state index in [1.807, 2.05) is 24.4 Å². The summed E-state index contributed by atoms with van der Waals surface area (Å²) in [4.78, 5) is 7.53. The number of H-pyrrole nitrogens is 1. The minimum absolute atomic E-state index is 0.319. The highest BCUT2D eigenvalue weighted by molar-refractivity contribution is 5.56. The monoisotopic (exact) mass is 354 g/mol. The van der Waals surface area contributed by atoms with Crippen LogP contribution in [-0.2, 0) is 12.8 Å². The van der Waals surface area contributed by atoms with Gasteiger partial charge in [-0.25, -0.2) is 4.98 Å². The standard InChI is InChI=1S/C24H22N2O/c27-23-11-5-7-19(17-23)16-22(20-8-2-1-3-9-20)15-18-6-4-10-21(14-18)24-25-12-13-26-24/h1-14,17,22,27H,15-16H2,(H,25,26). The third-order valence-corrected chi connectivity index (χ3v) is 4.84. The molecule has 0 saturated carbocycles. The van der Waals surface area contributed by atoms with Gasteiger partial charge in [0.1, 0.15) is 11.6 Å². The van der Waals surface area contributed by atoms with Gasteiger partial charge in [0.25, 0.3) is 0 Å². The molecule has 2 N–H and O–H groups in total. The molecule has 0 radical (unpaired) electrons. The zero-order valence-corrected chi connectivity index (χ0v) is 15.0. The minimum atomic E-state index is 0.319. The number of phenolic OH excluding ortho intramolecular Hbond substituents is 1. The molecule has 1 heterocycles. The molecule has 27 heavy (non-hydrogen) atoms. The van der Waals surface area contributed by atoms with Crippen molar-refractivity contribution in [3.63, 3.8) is 0 Å². The molecule has 0 aliphatic heterocycles. The summed E-state index contributed by atoms with van der Waals surface area (Å²) in [6.45, 7) is 0. The van der Waals surface area contributed by atoms with E-state index in [1.54, 1.807) is 12.3 Å². The van der Waals surface area contributed by atoms with Crippen molar-refractivity contribution in [2.24, 2.45) is 0 Å². The smallest absolute Gasteiger partial charge is 0.137 e. The van der Waals surface area contributed by atoms with Gasteiger partial charge < -0.3 is 10.1 Å². The molecule has 0 aliphatic rings. The fourth-order valence-corrected chi connectivity index (χ4v) is 3.55.